The highest BCUT2D eigenvalue weighted by atomic mass is 32.2. The van der Waals surface area contributed by atoms with E-state index >= 15 is 0 Å². The van der Waals surface area contributed by atoms with Gasteiger partial charge in [-0.2, -0.15) is 0 Å². The fourth-order valence-electron chi connectivity index (χ4n) is 1.53. The molecular weight excluding hydrogens is 292 g/mol. The van der Waals surface area contributed by atoms with Gasteiger partial charge in [0.2, 0.25) is 11.0 Å². The fourth-order valence-corrected chi connectivity index (χ4v) is 3.38. The largest absolute Gasteiger partial charge is 0.363 e. The van der Waals surface area contributed by atoms with E-state index in [1.165, 1.54) is 23.1 Å². The highest BCUT2D eigenvalue weighted by Crippen LogP contribution is 2.29. The normalized spacial score (nSPS) is 11.9. The van der Waals surface area contributed by atoms with Crippen molar-refractivity contribution in [2.45, 2.75) is 23.4 Å². The van der Waals surface area contributed by atoms with E-state index in [2.05, 4.69) is 20.8 Å². The molecule has 0 saturated heterocycles. The molecule has 2 N–H and O–H groups in total. The molecule has 2 aromatic rings. The minimum Gasteiger partial charge on any atom is -0.363 e. The van der Waals surface area contributed by atoms with Crippen LogP contribution in [0.15, 0.2) is 28.6 Å². The molecule has 2 rings (SSSR count). The first-order valence-electron chi connectivity index (χ1n) is 6.14. The van der Waals surface area contributed by atoms with Gasteiger partial charge in [0.05, 0.1) is 5.25 Å². The van der Waals surface area contributed by atoms with Crippen molar-refractivity contribution in [2.75, 3.05) is 17.7 Å². The van der Waals surface area contributed by atoms with E-state index in [9.17, 15) is 4.79 Å². The minimum atomic E-state index is -0.229. The van der Waals surface area contributed by atoms with Crippen LogP contribution in [-0.4, -0.2) is 28.4 Å². The van der Waals surface area contributed by atoms with Crippen molar-refractivity contribution in [1.29, 1.82) is 0 Å². The smallest absolute Gasteiger partial charge is 0.237 e. The Morgan fingerprint density at radius 3 is 2.85 bits per heavy atom. The molecule has 1 aromatic heterocycles. The van der Waals surface area contributed by atoms with E-state index in [-0.39, 0.29) is 11.2 Å². The Balaban J connectivity index is 1.95. The SMILES string of the molecule is CNc1nnc(S[C@@H](C)C(=O)Nc2cccc(C)c2)s1. The summed E-state index contributed by atoms with van der Waals surface area (Å²) in [6.45, 7) is 3.85. The van der Waals surface area contributed by atoms with Gasteiger partial charge in [-0.15, -0.1) is 10.2 Å². The molecule has 106 valence electrons. The maximum atomic E-state index is 12.1. The highest BCUT2D eigenvalue weighted by Gasteiger charge is 2.17. The molecule has 7 heteroatoms. The number of hydrogen-bond donors (Lipinski definition) is 2. The Morgan fingerprint density at radius 1 is 1.40 bits per heavy atom. The number of aromatic nitrogens is 2. The van der Waals surface area contributed by atoms with E-state index in [4.69, 9.17) is 0 Å². The van der Waals surface area contributed by atoms with Gasteiger partial charge < -0.3 is 10.6 Å². The second kappa shape index (κ2) is 6.71. The van der Waals surface area contributed by atoms with Gasteiger partial charge >= 0.3 is 0 Å². The maximum absolute atomic E-state index is 12.1. The van der Waals surface area contributed by atoms with Gasteiger partial charge in [0.25, 0.3) is 0 Å². The number of anilines is 2. The lowest BCUT2D eigenvalue weighted by Crippen LogP contribution is -2.22. The molecule has 1 heterocycles. The highest BCUT2D eigenvalue weighted by molar-refractivity contribution is 8.02. The summed E-state index contributed by atoms with van der Waals surface area (Å²) >= 11 is 2.84. The molecule has 0 aliphatic heterocycles. The van der Waals surface area contributed by atoms with E-state index in [0.29, 0.717) is 0 Å². The van der Waals surface area contributed by atoms with Crippen molar-refractivity contribution < 1.29 is 4.79 Å². The zero-order chi connectivity index (χ0) is 14.5. The second-order valence-electron chi connectivity index (χ2n) is 4.24. The van der Waals surface area contributed by atoms with Crippen LogP contribution in [0.5, 0.6) is 0 Å². The number of carbonyl (C=O) groups is 1. The lowest BCUT2D eigenvalue weighted by atomic mass is 10.2. The summed E-state index contributed by atoms with van der Waals surface area (Å²) in [5.74, 6) is -0.0400. The lowest BCUT2D eigenvalue weighted by Gasteiger charge is -2.10. The van der Waals surface area contributed by atoms with Gasteiger partial charge in [0.15, 0.2) is 4.34 Å². The van der Waals surface area contributed by atoms with E-state index in [1.807, 2.05) is 38.1 Å². The van der Waals surface area contributed by atoms with E-state index < -0.39 is 0 Å². The van der Waals surface area contributed by atoms with Gasteiger partial charge in [-0.05, 0) is 31.5 Å². The molecule has 0 fully saturated rings. The summed E-state index contributed by atoms with van der Waals surface area (Å²) in [5, 5.41) is 14.3. The topological polar surface area (TPSA) is 66.9 Å². The summed E-state index contributed by atoms with van der Waals surface area (Å²) < 4.78 is 0.779. The van der Waals surface area contributed by atoms with Crippen molar-refractivity contribution in [2.24, 2.45) is 0 Å². The van der Waals surface area contributed by atoms with Crippen LogP contribution in [-0.2, 0) is 4.79 Å². The zero-order valence-corrected chi connectivity index (χ0v) is 13.1. The molecule has 1 aromatic carbocycles. The Hall–Kier alpha value is -1.60. The van der Waals surface area contributed by atoms with Gasteiger partial charge in [-0.1, -0.05) is 35.2 Å². The van der Waals surface area contributed by atoms with Crippen LogP contribution >= 0.6 is 23.1 Å². The lowest BCUT2D eigenvalue weighted by molar-refractivity contribution is -0.115. The van der Waals surface area contributed by atoms with E-state index in [1.54, 1.807) is 7.05 Å². The summed E-state index contributed by atoms with van der Waals surface area (Å²) in [7, 11) is 1.79. The quantitative estimate of drug-likeness (QED) is 0.831. The molecule has 1 atom stereocenters. The third kappa shape index (κ3) is 3.94. The van der Waals surface area contributed by atoms with Crippen molar-refractivity contribution in [3.8, 4) is 0 Å². The molecule has 0 aliphatic carbocycles. The monoisotopic (exact) mass is 308 g/mol. The van der Waals surface area contributed by atoms with Crippen LogP contribution in [0.1, 0.15) is 12.5 Å². The molecule has 5 nitrogen and oxygen atoms in total. The third-order valence-corrected chi connectivity index (χ3v) is 4.68. The minimum absolute atomic E-state index is 0.0400. The molecule has 0 aliphatic rings. The van der Waals surface area contributed by atoms with Crippen molar-refractivity contribution in [3.63, 3.8) is 0 Å². The number of carbonyl (C=O) groups excluding carboxylic acids is 1. The molecule has 1 amide bonds. The van der Waals surface area contributed by atoms with Crippen molar-refractivity contribution in [3.05, 3.63) is 29.8 Å². The first-order valence-corrected chi connectivity index (χ1v) is 7.83. The summed E-state index contributed by atoms with van der Waals surface area (Å²) in [6.07, 6.45) is 0. The zero-order valence-electron chi connectivity index (χ0n) is 11.5. The number of rotatable bonds is 5. The average molecular weight is 308 g/mol. The number of amides is 1. The fraction of sp³-hybridized carbons (Fsp3) is 0.308. The Labute approximate surface area is 126 Å². The molecule has 0 spiro atoms. The molecule has 0 saturated carbocycles. The van der Waals surface area contributed by atoms with Crippen molar-refractivity contribution in [1.82, 2.24) is 10.2 Å². The molecule has 0 bridgehead atoms. The van der Waals surface area contributed by atoms with Crippen LogP contribution < -0.4 is 10.6 Å². The van der Waals surface area contributed by atoms with Crippen LogP contribution in [0.2, 0.25) is 0 Å². The number of nitrogens with zero attached hydrogens (tertiary/aromatic N) is 2. The van der Waals surface area contributed by atoms with Gasteiger partial charge in [0, 0.05) is 12.7 Å². The predicted octanol–water partition coefficient (Wildman–Crippen LogP) is 3.01. The third-order valence-electron chi connectivity index (χ3n) is 2.55. The molecule has 20 heavy (non-hydrogen) atoms. The van der Waals surface area contributed by atoms with Crippen LogP contribution in [0, 0.1) is 6.92 Å². The van der Waals surface area contributed by atoms with E-state index in [0.717, 1.165) is 20.7 Å². The summed E-state index contributed by atoms with van der Waals surface area (Å²) in [5.41, 5.74) is 1.93. The number of benzene rings is 1. The summed E-state index contributed by atoms with van der Waals surface area (Å²) in [4.78, 5) is 12.1. The van der Waals surface area contributed by atoms with Gasteiger partial charge in [-0.25, -0.2) is 0 Å². The van der Waals surface area contributed by atoms with Crippen LogP contribution in [0.25, 0.3) is 0 Å². The van der Waals surface area contributed by atoms with Crippen molar-refractivity contribution >= 4 is 39.8 Å². The predicted molar refractivity (Wildman–Crippen MR) is 84.6 cm³/mol. The second-order valence-corrected chi connectivity index (χ2v) is 6.81. The Kier molecular flexibility index (Phi) is 4.97. The maximum Gasteiger partial charge on any atom is 0.237 e. The number of aryl methyl sites for hydroxylation is 1. The molecular formula is C13H16N4OS2. The number of nitrogens with one attached hydrogen (secondary N) is 2. The first-order chi connectivity index (χ1) is 9.58. The summed E-state index contributed by atoms with van der Waals surface area (Å²) in [6, 6.07) is 7.74. The van der Waals surface area contributed by atoms with Crippen LogP contribution in [0.3, 0.4) is 0 Å². The first kappa shape index (κ1) is 14.8. The number of thioether (sulfide) groups is 1. The molecule has 0 radical (unpaired) electrons. The molecule has 0 unspecified atom stereocenters. The van der Waals surface area contributed by atoms with Gasteiger partial charge in [0.1, 0.15) is 0 Å². The standard InChI is InChI=1S/C13H16N4OS2/c1-8-5-4-6-10(7-8)15-11(18)9(2)19-13-17-16-12(14-3)20-13/h4-7,9H,1-3H3,(H,14,16)(H,15,18)/t9-/m0/s1. The Bertz CT molecular complexity index is 600. The average Bonchev–Trinajstić information content (AvgIpc) is 2.86. The van der Waals surface area contributed by atoms with Gasteiger partial charge in [-0.3, -0.25) is 4.79 Å². The Morgan fingerprint density at radius 2 is 2.20 bits per heavy atom. The van der Waals surface area contributed by atoms with Crippen LogP contribution in [0.4, 0.5) is 10.8 Å². The number of hydrogen-bond acceptors (Lipinski definition) is 6.